The number of carbonyl (C=O) groups excluding carboxylic acids is 3. The molecule has 0 fully saturated rings. The third kappa shape index (κ3) is 8.86. The van der Waals surface area contributed by atoms with Crippen LogP contribution in [0.15, 0.2) is 42.5 Å². The van der Waals surface area contributed by atoms with Gasteiger partial charge in [0.25, 0.3) is 5.91 Å². The SMILES string of the molecule is CC(C)CCOc1cccc(C(=O)NNC(=O)CCC(=O)Nc2ccc(Cl)cc2Cl)c1. The Kier molecular flexibility index (Phi) is 9.62. The van der Waals surface area contributed by atoms with Gasteiger partial charge in [0.2, 0.25) is 11.8 Å². The molecule has 7 nitrogen and oxygen atoms in total. The minimum atomic E-state index is -0.505. The zero-order chi connectivity index (χ0) is 22.8. The van der Waals surface area contributed by atoms with E-state index >= 15 is 0 Å². The Bertz CT molecular complexity index is 935. The molecule has 2 aromatic carbocycles. The molecule has 0 bridgehead atoms. The Morgan fingerprint density at radius 2 is 1.71 bits per heavy atom. The van der Waals surface area contributed by atoms with Gasteiger partial charge in [-0.25, -0.2) is 0 Å². The lowest BCUT2D eigenvalue weighted by Crippen LogP contribution is -2.41. The first-order chi connectivity index (χ1) is 14.7. The normalized spacial score (nSPS) is 10.5. The van der Waals surface area contributed by atoms with E-state index in [1.807, 2.05) is 0 Å². The fourth-order valence-corrected chi connectivity index (χ4v) is 2.89. The van der Waals surface area contributed by atoms with Crippen LogP contribution in [0.1, 0.15) is 43.5 Å². The van der Waals surface area contributed by atoms with Crippen molar-refractivity contribution in [1.29, 1.82) is 0 Å². The van der Waals surface area contributed by atoms with Crippen LogP contribution in [0, 0.1) is 5.92 Å². The highest BCUT2D eigenvalue weighted by molar-refractivity contribution is 6.36. The Labute approximate surface area is 191 Å². The molecule has 0 heterocycles. The van der Waals surface area contributed by atoms with E-state index in [1.165, 1.54) is 6.07 Å². The van der Waals surface area contributed by atoms with Gasteiger partial charge in [0.05, 0.1) is 17.3 Å². The number of amides is 3. The maximum absolute atomic E-state index is 12.2. The predicted octanol–water partition coefficient (Wildman–Crippen LogP) is 4.60. The van der Waals surface area contributed by atoms with E-state index < -0.39 is 17.7 Å². The molecule has 0 atom stereocenters. The van der Waals surface area contributed by atoms with Crippen LogP contribution < -0.4 is 20.9 Å². The fraction of sp³-hybridized carbons (Fsp3) is 0.318. The quantitative estimate of drug-likeness (QED) is 0.471. The molecule has 166 valence electrons. The van der Waals surface area contributed by atoms with Crippen molar-refractivity contribution in [2.24, 2.45) is 5.92 Å². The molecule has 0 radical (unpaired) electrons. The molecule has 0 aliphatic heterocycles. The minimum absolute atomic E-state index is 0.0835. The lowest BCUT2D eigenvalue weighted by Gasteiger charge is -2.11. The van der Waals surface area contributed by atoms with Crippen molar-refractivity contribution >= 4 is 46.6 Å². The minimum Gasteiger partial charge on any atom is -0.494 e. The van der Waals surface area contributed by atoms with Crippen LogP contribution in [-0.4, -0.2) is 24.3 Å². The lowest BCUT2D eigenvalue weighted by molar-refractivity contribution is -0.124. The largest absolute Gasteiger partial charge is 0.494 e. The summed E-state index contributed by atoms with van der Waals surface area (Å²) >= 11 is 11.8. The smallest absolute Gasteiger partial charge is 0.269 e. The summed E-state index contributed by atoms with van der Waals surface area (Å²) in [5.74, 6) is -0.281. The molecule has 9 heteroatoms. The number of nitrogens with one attached hydrogen (secondary N) is 3. The molecule has 2 rings (SSSR count). The van der Waals surface area contributed by atoms with E-state index in [0.717, 1.165) is 6.42 Å². The van der Waals surface area contributed by atoms with Gasteiger partial charge in [-0.3, -0.25) is 25.2 Å². The van der Waals surface area contributed by atoms with E-state index in [9.17, 15) is 14.4 Å². The molecule has 0 aliphatic rings. The van der Waals surface area contributed by atoms with Crippen LogP contribution >= 0.6 is 23.2 Å². The van der Waals surface area contributed by atoms with Crippen LogP contribution in [0.3, 0.4) is 0 Å². The second kappa shape index (κ2) is 12.2. The summed E-state index contributed by atoms with van der Waals surface area (Å²) in [7, 11) is 0. The van der Waals surface area contributed by atoms with Crippen LogP contribution in [-0.2, 0) is 9.59 Å². The molecule has 3 N–H and O–H groups in total. The zero-order valence-electron chi connectivity index (χ0n) is 17.3. The molecule has 0 saturated heterocycles. The summed E-state index contributed by atoms with van der Waals surface area (Å²) in [5, 5.41) is 3.35. The fourth-order valence-electron chi connectivity index (χ4n) is 2.43. The number of anilines is 1. The number of halogens is 2. The average Bonchev–Trinajstić information content (AvgIpc) is 2.72. The second-order valence-corrected chi connectivity index (χ2v) is 8.08. The van der Waals surface area contributed by atoms with Crippen LogP contribution in [0.25, 0.3) is 0 Å². The van der Waals surface area contributed by atoms with E-state index in [2.05, 4.69) is 30.0 Å². The Hall–Kier alpha value is -2.77. The van der Waals surface area contributed by atoms with Gasteiger partial charge in [0, 0.05) is 23.4 Å². The first kappa shape index (κ1) is 24.5. The van der Waals surface area contributed by atoms with Crippen LogP contribution in [0.5, 0.6) is 5.75 Å². The van der Waals surface area contributed by atoms with E-state index in [1.54, 1.807) is 36.4 Å². The molecule has 31 heavy (non-hydrogen) atoms. The zero-order valence-corrected chi connectivity index (χ0v) is 18.8. The molecular weight excluding hydrogens is 441 g/mol. The van der Waals surface area contributed by atoms with E-state index in [0.29, 0.717) is 39.6 Å². The van der Waals surface area contributed by atoms with E-state index in [-0.39, 0.29) is 12.8 Å². The lowest BCUT2D eigenvalue weighted by atomic mass is 10.1. The van der Waals surface area contributed by atoms with Crippen molar-refractivity contribution in [2.45, 2.75) is 33.1 Å². The number of ether oxygens (including phenoxy) is 1. The summed E-state index contributed by atoms with van der Waals surface area (Å²) in [6.45, 7) is 4.77. The highest BCUT2D eigenvalue weighted by Gasteiger charge is 2.12. The van der Waals surface area contributed by atoms with Crippen molar-refractivity contribution in [1.82, 2.24) is 10.9 Å². The van der Waals surface area contributed by atoms with Gasteiger partial charge in [-0.05, 0) is 48.7 Å². The number of benzene rings is 2. The highest BCUT2D eigenvalue weighted by Crippen LogP contribution is 2.25. The third-order valence-corrected chi connectivity index (χ3v) is 4.71. The highest BCUT2D eigenvalue weighted by atomic mass is 35.5. The first-order valence-electron chi connectivity index (χ1n) is 9.81. The summed E-state index contributed by atoms with van der Waals surface area (Å²) in [6.07, 6.45) is 0.708. The summed E-state index contributed by atoms with van der Waals surface area (Å²) < 4.78 is 5.63. The number of hydrogen-bond acceptors (Lipinski definition) is 4. The molecule has 2 aromatic rings. The van der Waals surface area contributed by atoms with Gasteiger partial charge in [-0.15, -0.1) is 0 Å². The Morgan fingerprint density at radius 3 is 2.42 bits per heavy atom. The predicted molar refractivity (Wildman–Crippen MR) is 121 cm³/mol. The first-order valence-corrected chi connectivity index (χ1v) is 10.6. The van der Waals surface area contributed by atoms with Crippen molar-refractivity contribution in [2.75, 3.05) is 11.9 Å². The Balaban J connectivity index is 1.75. The van der Waals surface area contributed by atoms with Crippen LogP contribution in [0.4, 0.5) is 5.69 Å². The average molecular weight is 466 g/mol. The van der Waals surface area contributed by atoms with E-state index in [4.69, 9.17) is 27.9 Å². The van der Waals surface area contributed by atoms with Gasteiger partial charge >= 0.3 is 0 Å². The number of carbonyl (C=O) groups is 3. The summed E-state index contributed by atoms with van der Waals surface area (Å²) in [4.78, 5) is 36.2. The standard InChI is InChI=1S/C22H25Cl2N3O4/c1-14(2)10-11-31-17-5-3-4-15(12-17)22(30)27-26-21(29)9-8-20(28)25-19-7-6-16(23)13-18(19)24/h3-7,12-14H,8-11H2,1-2H3,(H,25,28)(H,26,29)(H,27,30). The monoisotopic (exact) mass is 465 g/mol. The van der Waals surface area contributed by atoms with Crippen molar-refractivity contribution in [3.8, 4) is 5.75 Å². The second-order valence-electron chi connectivity index (χ2n) is 7.23. The van der Waals surface area contributed by atoms with Gasteiger partial charge < -0.3 is 10.1 Å². The molecule has 0 aromatic heterocycles. The molecule has 0 aliphatic carbocycles. The Morgan fingerprint density at radius 1 is 0.968 bits per heavy atom. The van der Waals surface area contributed by atoms with Gasteiger partial charge in [-0.1, -0.05) is 43.1 Å². The molecule has 3 amide bonds. The summed E-state index contributed by atoms with van der Waals surface area (Å²) in [5.41, 5.74) is 5.37. The maximum atomic E-state index is 12.2. The van der Waals surface area contributed by atoms with Crippen LogP contribution in [0.2, 0.25) is 10.0 Å². The number of hydrogen-bond donors (Lipinski definition) is 3. The molecule has 0 spiro atoms. The topological polar surface area (TPSA) is 96.5 Å². The van der Waals surface area contributed by atoms with Gasteiger partial charge in [0.1, 0.15) is 5.75 Å². The van der Waals surface area contributed by atoms with Gasteiger partial charge in [-0.2, -0.15) is 0 Å². The molecule has 0 unspecified atom stereocenters. The molecular formula is C22H25Cl2N3O4. The number of hydrazine groups is 1. The van der Waals surface area contributed by atoms with Crippen molar-refractivity contribution < 1.29 is 19.1 Å². The summed E-state index contributed by atoms with van der Waals surface area (Å²) in [6, 6.07) is 11.4. The molecule has 0 saturated carbocycles. The van der Waals surface area contributed by atoms with Gasteiger partial charge in [0.15, 0.2) is 0 Å². The number of rotatable bonds is 9. The maximum Gasteiger partial charge on any atom is 0.269 e. The third-order valence-electron chi connectivity index (χ3n) is 4.16. The van der Waals surface area contributed by atoms with Crippen molar-refractivity contribution in [3.05, 3.63) is 58.1 Å². The van der Waals surface area contributed by atoms with Crippen molar-refractivity contribution in [3.63, 3.8) is 0 Å².